The second kappa shape index (κ2) is 9.13. The van der Waals surface area contributed by atoms with E-state index in [1.807, 2.05) is 43.3 Å². The SMILES string of the molecule is COc1ccc(-c2noc(CN3CCC(CNc4cccc(C)n4)C3)n2)cc1OC. The molecule has 0 aliphatic carbocycles. The third kappa shape index (κ3) is 4.71. The highest BCUT2D eigenvalue weighted by Gasteiger charge is 2.24. The van der Waals surface area contributed by atoms with Gasteiger partial charge in [-0.2, -0.15) is 4.98 Å². The van der Waals surface area contributed by atoms with E-state index < -0.39 is 0 Å². The molecule has 0 bridgehead atoms. The second-order valence-corrected chi connectivity index (χ2v) is 7.52. The number of nitrogens with one attached hydrogen (secondary N) is 1. The molecule has 1 aromatic carbocycles. The van der Waals surface area contributed by atoms with Gasteiger partial charge in [0.15, 0.2) is 11.5 Å². The Bertz CT molecular complexity index is 990. The number of rotatable bonds is 8. The van der Waals surface area contributed by atoms with Crippen LogP contribution in [-0.4, -0.2) is 53.9 Å². The van der Waals surface area contributed by atoms with Crippen LogP contribution < -0.4 is 14.8 Å². The van der Waals surface area contributed by atoms with Crippen LogP contribution in [0.3, 0.4) is 0 Å². The molecule has 1 atom stereocenters. The molecule has 2 aromatic heterocycles. The molecule has 0 spiro atoms. The molecule has 0 saturated carbocycles. The van der Waals surface area contributed by atoms with Crippen molar-refractivity contribution in [2.75, 3.05) is 39.2 Å². The summed E-state index contributed by atoms with van der Waals surface area (Å²) < 4.78 is 16.1. The van der Waals surface area contributed by atoms with Crippen molar-refractivity contribution in [3.05, 3.63) is 48.0 Å². The molecule has 1 saturated heterocycles. The van der Waals surface area contributed by atoms with Crippen LogP contribution in [0.25, 0.3) is 11.4 Å². The van der Waals surface area contributed by atoms with Gasteiger partial charge in [-0.05, 0) is 56.1 Å². The largest absolute Gasteiger partial charge is 0.493 e. The number of ether oxygens (including phenoxy) is 2. The van der Waals surface area contributed by atoms with Crippen molar-refractivity contribution < 1.29 is 14.0 Å². The van der Waals surface area contributed by atoms with Gasteiger partial charge in [-0.15, -0.1) is 0 Å². The number of nitrogens with zero attached hydrogens (tertiary/aromatic N) is 4. The molecule has 1 aliphatic heterocycles. The van der Waals surface area contributed by atoms with E-state index in [2.05, 4.69) is 25.3 Å². The quantitative estimate of drug-likeness (QED) is 0.606. The van der Waals surface area contributed by atoms with Gasteiger partial charge in [0.1, 0.15) is 5.82 Å². The first-order valence-corrected chi connectivity index (χ1v) is 10.1. The zero-order valence-corrected chi connectivity index (χ0v) is 17.6. The Kier molecular flexibility index (Phi) is 6.13. The van der Waals surface area contributed by atoms with Crippen molar-refractivity contribution in [3.63, 3.8) is 0 Å². The molecule has 158 valence electrons. The lowest BCUT2D eigenvalue weighted by molar-refractivity contribution is 0.261. The second-order valence-electron chi connectivity index (χ2n) is 7.52. The molecule has 30 heavy (non-hydrogen) atoms. The van der Waals surface area contributed by atoms with Crippen LogP contribution in [0.4, 0.5) is 5.82 Å². The van der Waals surface area contributed by atoms with Crippen molar-refractivity contribution in [2.24, 2.45) is 5.92 Å². The Morgan fingerprint density at radius 2 is 2.00 bits per heavy atom. The van der Waals surface area contributed by atoms with Crippen LogP contribution in [0.1, 0.15) is 18.0 Å². The fraction of sp³-hybridized carbons (Fsp3) is 0.409. The predicted molar refractivity (Wildman–Crippen MR) is 114 cm³/mol. The van der Waals surface area contributed by atoms with Gasteiger partial charge in [-0.3, -0.25) is 4.90 Å². The molecule has 1 N–H and O–H groups in total. The maximum absolute atomic E-state index is 5.49. The third-order valence-electron chi connectivity index (χ3n) is 5.30. The van der Waals surface area contributed by atoms with E-state index in [0.717, 1.165) is 43.1 Å². The molecule has 1 fully saturated rings. The number of benzene rings is 1. The standard InChI is InChI=1S/C22H27N5O3/c1-15-5-4-6-20(24-15)23-12-16-9-10-27(13-16)14-21-25-22(26-30-21)17-7-8-18(28-2)19(11-17)29-3/h4-8,11,16H,9-10,12-14H2,1-3H3,(H,23,24). The molecule has 1 unspecified atom stereocenters. The number of hydrogen-bond donors (Lipinski definition) is 1. The number of methoxy groups -OCH3 is 2. The summed E-state index contributed by atoms with van der Waals surface area (Å²) in [6.07, 6.45) is 1.13. The van der Waals surface area contributed by atoms with Crippen LogP contribution in [-0.2, 0) is 6.54 Å². The summed E-state index contributed by atoms with van der Waals surface area (Å²) in [5.41, 5.74) is 1.85. The Morgan fingerprint density at radius 3 is 2.80 bits per heavy atom. The Labute approximate surface area is 176 Å². The van der Waals surface area contributed by atoms with E-state index >= 15 is 0 Å². The minimum absolute atomic E-state index is 0.550. The van der Waals surface area contributed by atoms with E-state index in [1.165, 1.54) is 0 Å². The van der Waals surface area contributed by atoms with E-state index in [0.29, 0.717) is 35.7 Å². The predicted octanol–water partition coefficient (Wildman–Crippen LogP) is 3.39. The summed E-state index contributed by atoms with van der Waals surface area (Å²) in [5, 5.41) is 7.58. The van der Waals surface area contributed by atoms with Gasteiger partial charge in [0, 0.05) is 24.3 Å². The fourth-order valence-corrected chi connectivity index (χ4v) is 3.72. The fourth-order valence-electron chi connectivity index (χ4n) is 3.72. The molecule has 3 aromatic rings. The molecular weight excluding hydrogens is 382 g/mol. The van der Waals surface area contributed by atoms with Crippen LogP contribution >= 0.6 is 0 Å². The average molecular weight is 409 g/mol. The average Bonchev–Trinajstić information content (AvgIpc) is 3.42. The molecule has 0 radical (unpaired) electrons. The van der Waals surface area contributed by atoms with E-state index in [9.17, 15) is 0 Å². The zero-order chi connectivity index (χ0) is 20.9. The smallest absolute Gasteiger partial charge is 0.241 e. The molecular formula is C22H27N5O3. The molecule has 3 heterocycles. The maximum atomic E-state index is 5.49. The monoisotopic (exact) mass is 409 g/mol. The summed E-state index contributed by atoms with van der Waals surface area (Å²) in [4.78, 5) is 11.4. The molecule has 1 aliphatic rings. The maximum Gasteiger partial charge on any atom is 0.241 e. The van der Waals surface area contributed by atoms with Crippen LogP contribution in [0, 0.1) is 12.8 Å². The molecule has 8 heteroatoms. The highest BCUT2D eigenvalue weighted by Crippen LogP contribution is 2.31. The first-order valence-electron chi connectivity index (χ1n) is 10.1. The molecule has 8 nitrogen and oxygen atoms in total. The van der Waals surface area contributed by atoms with Crippen molar-refractivity contribution >= 4 is 5.82 Å². The molecule has 4 rings (SSSR count). The van der Waals surface area contributed by atoms with Gasteiger partial charge in [0.2, 0.25) is 11.7 Å². The number of hydrogen-bond acceptors (Lipinski definition) is 8. The Morgan fingerprint density at radius 1 is 1.13 bits per heavy atom. The summed E-state index contributed by atoms with van der Waals surface area (Å²) in [5.74, 6) is 3.98. The minimum atomic E-state index is 0.550. The van der Waals surface area contributed by atoms with E-state index in [-0.39, 0.29) is 0 Å². The van der Waals surface area contributed by atoms with Crippen molar-refractivity contribution in [2.45, 2.75) is 19.9 Å². The van der Waals surface area contributed by atoms with E-state index in [1.54, 1.807) is 14.2 Å². The summed E-state index contributed by atoms with van der Waals surface area (Å²) in [6.45, 7) is 5.57. The van der Waals surface area contributed by atoms with Crippen LogP contribution in [0.2, 0.25) is 0 Å². The number of aromatic nitrogens is 3. The highest BCUT2D eigenvalue weighted by atomic mass is 16.5. The first kappa shape index (κ1) is 20.2. The normalized spacial score (nSPS) is 16.6. The summed E-state index contributed by atoms with van der Waals surface area (Å²) in [7, 11) is 3.22. The van der Waals surface area contributed by atoms with Gasteiger partial charge in [0.05, 0.1) is 20.8 Å². The van der Waals surface area contributed by atoms with Gasteiger partial charge < -0.3 is 19.3 Å². The Balaban J connectivity index is 1.32. The number of likely N-dealkylation sites (tertiary alicyclic amines) is 1. The summed E-state index contributed by atoms with van der Waals surface area (Å²) >= 11 is 0. The third-order valence-corrected chi connectivity index (χ3v) is 5.30. The topological polar surface area (TPSA) is 85.5 Å². The highest BCUT2D eigenvalue weighted by molar-refractivity contribution is 5.60. The summed E-state index contributed by atoms with van der Waals surface area (Å²) in [6, 6.07) is 11.6. The lowest BCUT2D eigenvalue weighted by atomic mass is 10.1. The first-order chi connectivity index (χ1) is 14.6. The van der Waals surface area contributed by atoms with Crippen molar-refractivity contribution in [1.82, 2.24) is 20.0 Å². The number of pyridine rings is 1. The van der Waals surface area contributed by atoms with Gasteiger partial charge in [-0.25, -0.2) is 4.98 Å². The number of anilines is 1. The van der Waals surface area contributed by atoms with Crippen molar-refractivity contribution in [1.29, 1.82) is 0 Å². The number of aryl methyl sites for hydroxylation is 1. The van der Waals surface area contributed by atoms with E-state index in [4.69, 9.17) is 14.0 Å². The van der Waals surface area contributed by atoms with Gasteiger partial charge in [-0.1, -0.05) is 11.2 Å². The zero-order valence-electron chi connectivity index (χ0n) is 17.6. The lowest BCUT2D eigenvalue weighted by Crippen LogP contribution is -2.23. The Hall–Kier alpha value is -3.13. The minimum Gasteiger partial charge on any atom is -0.493 e. The van der Waals surface area contributed by atoms with Crippen LogP contribution in [0.15, 0.2) is 40.9 Å². The van der Waals surface area contributed by atoms with Crippen LogP contribution in [0.5, 0.6) is 11.5 Å². The van der Waals surface area contributed by atoms with Crippen molar-refractivity contribution in [3.8, 4) is 22.9 Å². The van der Waals surface area contributed by atoms with Gasteiger partial charge in [0.25, 0.3) is 0 Å². The van der Waals surface area contributed by atoms with Gasteiger partial charge >= 0.3 is 0 Å². The lowest BCUT2D eigenvalue weighted by Gasteiger charge is -2.14. The molecule has 0 amide bonds.